The number of hydrogen-bond donors (Lipinski definition) is 0. The normalized spacial score (nSPS) is 11.6. The number of nitrogens with zero attached hydrogens (tertiary/aromatic N) is 2. The van der Waals surface area contributed by atoms with Crippen molar-refractivity contribution in [3.8, 4) is 5.75 Å². The van der Waals surface area contributed by atoms with Gasteiger partial charge in [0.05, 0.1) is 12.1 Å². The molecule has 0 aliphatic heterocycles. The number of alkyl halides is 3. The van der Waals surface area contributed by atoms with Crippen molar-refractivity contribution in [2.75, 3.05) is 6.61 Å². The molecule has 0 saturated carbocycles. The van der Waals surface area contributed by atoms with Crippen LogP contribution in [0, 0.1) is 6.92 Å². The van der Waals surface area contributed by atoms with E-state index in [4.69, 9.17) is 4.74 Å². The fourth-order valence-electron chi connectivity index (χ4n) is 3.13. The predicted octanol–water partition coefficient (Wildman–Crippen LogP) is 3.28. The number of Topliss-reactive ketones (excluding diaryl/α,β-unsaturated/α-hetero) is 1. The van der Waals surface area contributed by atoms with E-state index in [-0.39, 0.29) is 28.9 Å². The Kier molecular flexibility index (Phi) is 5.32. The number of pyridine rings is 1. The van der Waals surface area contributed by atoms with Crippen LogP contribution in [-0.4, -0.2) is 34.0 Å². The highest BCUT2D eigenvalue weighted by Crippen LogP contribution is 2.31. The van der Waals surface area contributed by atoms with E-state index in [0.29, 0.717) is 17.5 Å². The monoisotopic (exact) mass is 406 g/mol. The molecule has 0 spiro atoms. The van der Waals surface area contributed by atoms with Crippen molar-refractivity contribution in [3.05, 3.63) is 63.7 Å². The van der Waals surface area contributed by atoms with Gasteiger partial charge in [-0.05, 0) is 13.0 Å². The standard InChI is InChI=1S/C20H17F3N2O4/c1-12-8-14-17(18(15(10-26)24(14)2)29-11-20(21,22)23)19(28)25(12)9-16(27)13-6-4-3-5-7-13/h3-8,10H,9,11H2,1-2H3. The number of hydrogen-bond acceptors (Lipinski definition) is 4. The molecule has 0 amide bonds. The number of ether oxygens (including phenoxy) is 1. The summed E-state index contributed by atoms with van der Waals surface area (Å²) >= 11 is 0. The molecule has 0 bridgehead atoms. The largest absolute Gasteiger partial charge is 0.481 e. The molecule has 0 saturated heterocycles. The summed E-state index contributed by atoms with van der Waals surface area (Å²) in [6.45, 7) is -0.346. The Balaban J connectivity index is 2.14. The van der Waals surface area contributed by atoms with Gasteiger partial charge in [0.25, 0.3) is 5.56 Å². The van der Waals surface area contributed by atoms with Crippen molar-refractivity contribution in [1.82, 2.24) is 9.13 Å². The molecule has 6 nitrogen and oxygen atoms in total. The highest BCUT2D eigenvalue weighted by atomic mass is 19.4. The lowest BCUT2D eigenvalue weighted by atomic mass is 10.1. The van der Waals surface area contributed by atoms with Crippen molar-refractivity contribution < 1.29 is 27.5 Å². The van der Waals surface area contributed by atoms with Crippen LogP contribution in [0.5, 0.6) is 5.75 Å². The lowest BCUT2D eigenvalue weighted by Crippen LogP contribution is -2.27. The number of halogens is 3. The van der Waals surface area contributed by atoms with E-state index in [1.165, 1.54) is 17.7 Å². The van der Waals surface area contributed by atoms with Crippen LogP contribution >= 0.6 is 0 Å². The molecule has 0 aliphatic rings. The first-order chi connectivity index (χ1) is 13.6. The van der Waals surface area contributed by atoms with Crippen LogP contribution < -0.4 is 10.3 Å². The summed E-state index contributed by atoms with van der Waals surface area (Å²) in [6.07, 6.45) is -4.31. The molecule has 152 valence electrons. The number of benzene rings is 1. The number of carbonyl (C=O) groups is 2. The number of aldehydes is 1. The average Bonchev–Trinajstić information content (AvgIpc) is 2.94. The van der Waals surface area contributed by atoms with Gasteiger partial charge in [0, 0.05) is 18.3 Å². The third-order valence-corrected chi connectivity index (χ3v) is 4.56. The molecule has 0 aliphatic carbocycles. The van der Waals surface area contributed by atoms with E-state index >= 15 is 0 Å². The van der Waals surface area contributed by atoms with Crippen molar-refractivity contribution >= 4 is 23.0 Å². The highest BCUT2D eigenvalue weighted by molar-refractivity contribution is 5.98. The second-order valence-electron chi connectivity index (χ2n) is 6.52. The molecule has 0 unspecified atom stereocenters. The maximum absolute atomic E-state index is 13.1. The van der Waals surface area contributed by atoms with E-state index in [2.05, 4.69) is 0 Å². The van der Waals surface area contributed by atoms with Gasteiger partial charge in [-0.25, -0.2) is 0 Å². The fourth-order valence-corrected chi connectivity index (χ4v) is 3.13. The summed E-state index contributed by atoms with van der Waals surface area (Å²) in [5.74, 6) is -0.778. The zero-order valence-electron chi connectivity index (χ0n) is 15.6. The third kappa shape index (κ3) is 3.94. The fraction of sp³-hybridized carbons (Fsp3) is 0.250. The summed E-state index contributed by atoms with van der Waals surface area (Å²) in [5, 5.41) is -0.176. The molecule has 0 N–H and O–H groups in total. The molecular formula is C20H17F3N2O4. The molecular weight excluding hydrogens is 389 g/mol. The van der Waals surface area contributed by atoms with Crippen LogP contribution in [0.2, 0.25) is 0 Å². The topological polar surface area (TPSA) is 70.3 Å². The Hall–Kier alpha value is -3.36. The Morgan fingerprint density at radius 2 is 1.86 bits per heavy atom. The van der Waals surface area contributed by atoms with Gasteiger partial charge >= 0.3 is 6.18 Å². The first-order valence-electron chi connectivity index (χ1n) is 8.60. The zero-order chi connectivity index (χ0) is 21.3. The van der Waals surface area contributed by atoms with Gasteiger partial charge in [-0.2, -0.15) is 13.2 Å². The molecule has 1 aromatic carbocycles. The van der Waals surface area contributed by atoms with Crippen LogP contribution in [0.3, 0.4) is 0 Å². The van der Waals surface area contributed by atoms with Gasteiger partial charge in [-0.3, -0.25) is 14.4 Å². The first kappa shape index (κ1) is 20.4. The van der Waals surface area contributed by atoms with Crippen molar-refractivity contribution in [3.63, 3.8) is 0 Å². The maximum Gasteiger partial charge on any atom is 0.422 e. The summed E-state index contributed by atoms with van der Waals surface area (Å²) in [6, 6.07) is 9.85. The van der Waals surface area contributed by atoms with E-state index in [1.807, 2.05) is 0 Å². The highest BCUT2D eigenvalue weighted by Gasteiger charge is 2.31. The smallest absolute Gasteiger partial charge is 0.422 e. The molecule has 0 atom stereocenters. The van der Waals surface area contributed by atoms with E-state index in [9.17, 15) is 27.6 Å². The summed E-state index contributed by atoms with van der Waals surface area (Å²) in [5.41, 5.74) is 0.175. The minimum absolute atomic E-state index is 0.176. The molecule has 2 aromatic heterocycles. The number of ketones is 1. The molecule has 29 heavy (non-hydrogen) atoms. The Morgan fingerprint density at radius 3 is 2.45 bits per heavy atom. The second kappa shape index (κ2) is 7.57. The SMILES string of the molecule is Cc1cc2c(c(OCC(F)(F)F)c(C=O)n2C)c(=O)n1CC(=O)c1ccccc1. The van der Waals surface area contributed by atoms with Crippen LogP contribution in [-0.2, 0) is 13.6 Å². The summed E-state index contributed by atoms with van der Waals surface area (Å²) in [4.78, 5) is 37.0. The third-order valence-electron chi connectivity index (χ3n) is 4.56. The molecule has 9 heteroatoms. The minimum atomic E-state index is -4.64. The lowest BCUT2D eigenvalue weighted by molar-refractivity contribution is -0.153. The van der Waals surface area contributed by atoms with Crippen LogP contribution in [0.4, 0.5) is 13.2 Å². The van der Waals surface area contributed by atoms with Crippen molar-refractivity contribution in [2.24, 2.45) is 7.05 Å². The van der Waals surface area contributed by atoms with Crippen LogP contribution in [0.25, 0.3) is 10.9 Å². The van der Waals surface area contributed by atoms with Gasteiger partial charge in [0.2, 0.25) is 0 Å². The summed E-state index contributed by atoms with van der Waals surface area (Å²) in [7, 11) is 1.45. The van der Waals surface area contributed by atoms with Gasteiger partial charge in [0.1, 0.15) is 11.1 Å². The molecule has 0 radical (unpaired) electrons. The quantitative estimate of drug-likeness (QED) is 0.465. The Labute approximate surface area is 163 Å². The van der Waals surface area contributed by atoms with Crippen LogP contribution in [0.1, 0.15) is 26.5 Å². The van der Waals surface area contributed by atoms with E-state index < -0.39 is 24.1 Å². The van der Waals surface area contributed by atoms with Crippen molar-refractivity contribution in [2.45, 2.75) is 19.6 Å². The van der Waals surface area contributed by atoms with Gasteiger partial charge < -0.3 is 13.9 Å². The van der Waals surface area contributed by atoms with Gasteiger partial charge in [0.15, 0.2) is 24.4 Å². The minimum Gasteiger partial charge on any atom is -0.481 e. The molecule has 2 heterocycles. The molecule has 3 aromatic rings. The molecule has 0 fully saturated rings. The average molecular weight is 406 g/mol. The van der Waals surface area contributed by atoms with E-state index in [1.54, 1.807) is 37.3 Å². The van der Waals surface area contributed by atoms with Crippen molar-refractivity contribution in [1.29, 1.82) is 0 Å². The van der Waals surface area contributed by atoms with Gasteiger partial charge in [-0.15, -0.1) is 0 Å². The Bertz CT molecular complexity index is 1140. The number of rotatable bonds is 6. The summed E-state index contributed by atoms with van der Waals surface area (Å²) < 4.78 is 45.2. The predicted molar refractivity (Wildman–Crippen MR) is 99.6 cm³/mol. The second-order valence-corrected chi connectivity index (χ2v) is 6.52. The Morgan fingerprint density at radius 1 is 1.21 bits per heavy atom. The maximum atomic E-state index is 13.1. The lowest BCUT2D eigenvalue weighted by Gasteiger charge is -2.12. The zero-order valence-corrected chi connectivity index (χ0v) is 15.6. The number of carbonyl (C=O) groups excluding carboxylic acids is 2. The van der Waals surface area contributed by atoms with Crippen LogP contribution in [0.15, 0.2) is 41.2 Å². The van der Waals surface area contributed by atoms with Gasteiger partial charge in [-0.1, -0.05) is 30.3 Å². The number of aromatic nitrogens is 2. The first-order valence-corrected chi connectivity index (χ1v) is 8.60. The number of aryl methyl sites for hydroxylation is 2. The molecule has 3 rings (SSSR count). The van der Waals surface area contributed by atoms with E-state index in [0.717, 1.165) is 4.57 Å². The number of fused-ring (bicyclic) bond motifs is 1.